The standard InChI is InChI=1S/2C4H2N2.4C3H8.2C2H4.5CH4/c1-4(5-2)6-3;1-4(2-5)3-6;4*1-3-2;2*1-2;;;;;/h2*1H2;4*3H2,1-2H3;2*1-2H2;5*1H4. The van der Waals surface area contributed by atoms with Crippen LogP contribution in [0, 0.1) is 35.8 Å². The predicted molar refractivity (Wildman–Crippen MR) is 163 cm³/mol. The van der Waals surface area contributed by atoms with Crippen LogP contribution in [0.3, 0.4) is 0 Å². The van der Waals surface area contributed by atoms with Gasteiger partial charge in [-0.3, -0.25) is 0 Å². The van der Waals surface area contributed by atoms with Crippen molar-refractivity contribution in [1.82, 2.24) is 0 Å². The fourth-order valence-corrected chi connectivity index (χ4v) is 0.0500. The van der Waals surface area contributed by atoms with E-state index in [1.54, 1.807) is 12.1 Å². The molecule has 0 saturated heterocycles. The van der Waals surface area contributed by atoms with Crippen LogP contribution in [0.4, 0.5) is 0 Å². The molecule has 0 atom stereocenters. The lowest BCUT2D eigenvalue weighted by Gasteiger charge is -1.58. The molecular weight excluding hydrogens is 404 g/mol. The van der Waals surface area contributed by atoms with Crippen LogP contribution in [0.25, 0.3) is 9.69 Å². The van der Waals surface area contributed by atoms with E-state index in [0.717, 1.165) is 0 Å². The van der Waals surface area contributed by atoms with Crippen molar-refractivity contribution in [2.75, 3.05) is 0 Å². The van der Waals surface area contributed by atoms with Gasteiger partial charge in [0.2, 0.25) is 0 Å². The summed E-state index contributed by atoms with van der Waals surface area (Å²) in [5.41, 5.74) is -0.0463. The van der Waals surface area contributed by atoms with Gasteiger partial charge < -0.3 is 0 Å². The monoisotopic (exact) mass is 469 g/mol. The highest BCUT2D eigenvalue weighted by Gasteiger charge is 1.87. The molecule has 33 heavy (non-hydrogen) atoms. The number of nitriles is 2. The second-order valence-corrected chi connectivity index (χ2v) is 4.17. The second-order valence-electron chi connectivity index (χ2n) is 4.17. The fraction of sp³-hybridized carbons (Fsp3) is 0.586. The Labute approximate surface area is 214 Å². The number of nitrogens with zero attached hydrogens (tertiary/aromatic N) is 4. The van der Waals surface area contributed by atoms with Crippen molar-refractivity contribution in [3.63, 3.8) is 0 Å². The van der Waals surface area contributed by atoms with Crippen LogP contribution in [0.5, 0.6) is 0 Å². The quantitative estimate of drug-likeness (QED) is 0.201. The Hall–Kier alpha value is -3.08. The largest absolute Gasteiger partial charge is 0.512 e. The summed E-state index contributed by atoms with van der Waals surface area (Å²) in [7, 11) is 0. The maximum atomic E-state index is 7.76. The zero-order valence-electron chi connectivity index (χ0n) is 19.9. The van der Waals surface area contributed by atoms with Gasteiger partial charge in [0.05, 0.1) is 0 Å². The van der Waals surface area contributed by atoms with Crippen molar-refractivity contribution < 1.29 is 0 Å². The minimum atomic E-state index is -0.0741. The predicted octanol–water partition coefficient (Wildman–Crippen LogP) is 12.3. The van der Waals surface area contributed by atoms with Crippen molar-refractivity contribution in [2.45, 2.75) is 118 Å². The molecule has 0 rings (SSSR count). The van der Waals surface area contributed by atoms with Gasteiger partial charge in [0.1, 0.15) is 30.9 Å². The maximum absolute atomic E-state index is 7.76. The Bertz CT molecular complexity index is 346. The van der Waals surface area contributed by atoms with Crippen molar-refractivity contribution >= 4 is 0 Å². The molecule has 0 spiro atoms. The summed E-state index contributed by atoms with van der Waals surface area (Å²) >= 11 is 0. The highest BCUT2D eigenvalue weighted by atomic mass is 14.9. The van der Waals surface area contributed by atoms with Crippen molar-refractivity contribution in [1.29, 1.82) is 10.5 Å². The Morgan fingerprint density at radius 1 is 0.576 bits per heavy atom. The number of hydrogen-bond acceptors (Lipinski definition) is 2. The van der Waals surface area contributed by atoms with Crippen LogP contribution in [-0.4, -0.2) is 0 Å². The van der Waals surface area contributed by atoms with Gasteiger partial charge in [0.25, 0.3) is 0 Å². The molecule has 200 valence electrons. The third-order valence-electron chi connectivity index (χ3n) is 0.528. The molecule has 0 radical (unpaired) electrons. The van der Waals surface area contributed by atoms with E-state index in [1.165, 1.54) is 25.7 Å². The van der Waals surface area contributed by atoms with Gasteiger partial charge in [-0.05, 0) is 6.58 Å². The van der Waals surface area contributed by atoms with Crippen LogP contribution in [0.15, 0.2) is 50.9 Å². The van der Waals surface area contributed by atoms with E-state index in [0.29, 0.717) is 0 Å². The number of allylic oxidation sites excluding steroid dienone is 1. The summed E-state index contributed by atoms with van der Waals surface area (Å²) in [5, 5.41) is 15.5. The fourth-order valence-electron chi connectivity index (χ4n) is 0.0500. The first kappa shape index (κ1) is 87.4. The molecular formula is C29H64N4. The molecule has 0 unspecified atom stereocenters. The van der Waals surface area contributed by atoms with Crippen LogP contribution in [0.2, 0.25) is 0 Å². The smallest absolute Gasteiger partial charge is 0.192 e. The van der Waals surface area contributed by atoms with E-state index >= 15 is 0 Å². The summed E-state index contributed by atoms with van der Waals surface area (Å²) in [4.78, 5) is 5.42. The van der Waals surface area contributed by atoms with E-state index in [9.17, 15) is 0 Å². The molecule has 0 saturated carbocycles. The highest BCUT2D eigenvalue weighted by Crippen LogP contribution is 1.88. The molecule has 0 aromatic carbocycles. The van der Waals surface area contributed by atoms with Gasteiger partial charge in [0.15, 0.2) is 0 Å². The van der Waals surface area contributed by atoms with E-state index in [1.807, 2.05) is 0 Å². The molecule has 4 nitrogen and oxygen atoms in total. The van der Waals surface area contributed by atoms with Crippen molar-refractivity contribution in [3.05, 3.63) is 73.7 Å². The zero-order valence-corrected chi connectivity index (χ0v) is 19.9. The van der Waals surface area contributed by atoms with E-state index in [-0.39, 0.29) is 48.5 Å². The lowest BCUT2D eigenvalue weighted by molar-refractivity contribution is 1.09. The Morgan fingerprint density at radius 2 is 0.697 bits per heavy atom. The summed E-state index contributed by atoms with van der Waals surface area (Å²) < 4.78 is 0. The maximum Gasteiger partial charge on any atom is 0.512 e. The molecule has 0 N–H and O–H groups in total. The van der Waals surface area contributed by atoms with Crippen LogP contribution in [-0.2, 0) is 0 Å². The van der Waals surface area contributed by atoms with Crippen LogP contribution >= 0.6 is 0 Å². The second kappa shape index (κ2) is 189. The molecule has 0 amide bonds. The SMILES string of the molecule is C.C.C.C.C.C=C.C=C.C=C(C#N)C#N.CCC.CCC.CCC.CCC.[C-]#[N+]C(=C)[N+]#[C-]. The van der Waals surface area contributed by atoms with Crippen molar-refractivity contribution in [2.24, 2.45) is 0 Å². The minimum Gasteiger partial charge on any atom is -0.192 e. The summed E-state index contributed by atoms with van der Waals surface area (Å²) in [6.45, 7) is 47.4. The number of hydrogen-bond donors (Lipinski definition) is 0. The summed E-state index contributed by atoms with van der Waals surface area (Å²) in [6, 6.07) is 3.12. The number of rotatable bonds is 0. The molecule has 0 aliphatic heterocycles. The Morgan fingerprint density at radius 3 is 0.697 bits per heavy atom. The molecule has 0 fully saturated rings. The third kappa shape index (κ3) is 866. The lowest BCUT2D eigenvalue weighted by Crippen LogP contribution is -1.58. The third-order valence-corrected chi connectivity index (χ3v) is 0.528. The normalized spacial score (nSPS) is 4.24. The zero-order chi connectivity index (χ0) is 24.8. The Balaban J connectivity index is -0.0000000128. The van der Waals surface area contributed by atoms with Gasteiger partial charge in [-0.25, -0.2) is 0 Å². The summed E-state index contributed by atoms with van der Waals surface area (Å²) in [5.74, 6) is -0.0741. The lowest BCUT2D eigenvalue weighted by atomic mass is 10.4. The topological polar surface area (TPSA) is 56.3 Å². The molecule has 0 aromatic heterocycles. The van der Waals surface area contributed by atoms with E-state index in [4.69, 9.17) is 23.7 Å². The first-order valence-electron chi connectivity index (χ1n) is 9.21. The molecule has 0 heterocycles. The van der Waals surface area contributed by atoms with Crippen molar-refractivity contribution in [3.8, 4) is 12.1 Å². The molecule has 0 bridgehead atoms. The van der Waals surface area contributed by atoms with Crippen LogP contribution in [0.1, 0.15) is 118 Å². The molecule has 0 aliphatic rings. The highest BCUT2D eigenvalue weighted by molar-refractivity contribution is 5.31. The molecule has 4 heteroatoms. The van der Waals surface area contributed by atoms with Gasteiger partial charge in [-0.15, -0.1) is 26.3 Å². The summed E-state index contributed by atoms with van der Waals surface area (Å²) in [6.07, 6.45) is 5.00. The first-order chi connectivity index (χ1) is 13.3. The first-order valence-corrected chi connectivity index (χ1v) is 9.21. The van der Waals surface area contributed by atoms with Gasteiger partial charge in [-0.1, -0.05) is 125 Å². The van der Waals surface area contributed by atoms with E-state index < -0.39 is 0 Å². The van der Waals surface area contributed by atoms with E-state index in [2.05, 4.69) is 105 Å². The minimum absolute atomic E-state index is 0. The van der Waals surface area contributed by atoms with Crippen LogP contribution < -0.4 is 0 Å². The Kier molecular flexibility index (Phi) is 501. The van der Waals surface area contributed by atoms with Gasteiger partial charge >= 0.3 is 5.82 Å². The molecule has 0 aromatic rings. The van der Waals surface area contributed by atoms with Gasteiger partial charge in [-0.2, -0.15) is 20.2 Å². The van der Waals surface area contributed by atoms with Gasteiger partial charge in [0, 0.05) is 0 Å². The average Bonchev–Trinajstić information content (AvgIpc) is 2.72. The molecule has 0 aliphatic carbocycles. The average molecular weight is 469 g/mol.